The first kappa shape index (κ1) is 12.9. The summed E-state index contributed by atoms with van der Waals surface area (Å²) in [6.07, 6.45) is 0. The normalized spacial score (nSPS) is 8.18. The Kier molecular flexibility index (Phi) is 10.9. The zero-order chi connectivity index (χ0) is 9.28. The molecule has 4 nitrogen and oxygen atoms in total. The maximum Gasteiger partial charge on any atom is 0.330 e. The van der Waals surface area contributed by atoms with E-state index >= 15 is 0 Å². The first-order valence-corrected chi connectivity index (χ1v) is 3.62. The van der Waals surface area contributed by atoms with Gasteiger partial charge in [-0.1, -0.05) is 6.58 Å². The second-order valence-electron chi connectivity index (χ2n) is 1.58. The van der Waals surface area contributed by atoms with Gasteiger partial charge in [0.25, 0.3) is 0 Å². The summed E-state index contributed by atoms with van der Waals surface area (Å²) in [6.45, 7) is 6.90. The molecular formula is C6H11O4P. The standard InChI is InChI=1S/C4H6O2.C2H5O2P/c1-3(2)4(5)6;1-2-4-5-3/h1H2,2H3,(H,5,6);2H2,1H3. The van der Waals surface area contributed by atoms with Gasteiger partial charge in [-0.25, -0.2) is 9.36 Å². The van der Waals surface area contributed by atoms with E-state index in [4.69, 9.17) is 5.11 Å². The molecule has 0 radical (unpaired) electrons. The van der Waals surface area contributed by atoms with Crippen LogP contribution < -0.4 is 0 Å². The lowest BCUT2D eigenvalue weighted by molar-refractivity contribution is -0.132. The fourth-order valence-electron chi connectivity index (χ4n) is 0.0527. The van der Waals surface area contributed by atoms with Crippen molar-refractivity contribution in [3.05, 3.63) is 12.2 Å². The van der Waals surface area contributed by atoms with Crippen molar-refractivity contribution in [1.29, 1.82) is 0 Å². The molecule has 0 bridgehead atoms. The number of carboxylic acid groups (broad SMARTS) is 1. The molecule has 64 valence electrons. The van der Waals surface area contributed by atoms with Crippen molar-refractivity contribution in [2.45, 2.75) is 13.8 Å². The highest BCUT2D eigenvalue weighted by Gasteiger charge is 1.90. The zero-order valence-corrected chi connectivity index (χ0v) is 7.43. The van der Waals surface area contributed by atoms with E-state index in [1.54, 1.807) is 6.92 Å². The second kappa shape index (κ2) is 9.27. The van der Waals surface area contributed by atoms with E-state index < -0.39 is 5.97 Å². The number of carbonyl (C=O) groups is 1. The first-order chi connectivity index (χ1) is 5.06. The smallest absolute Gasteiger partial charge is 0.330 e. The van der Waals surface area contributed by atoms with E-state index in [9.17, 15) is 9.36 Å². The Hall–Kier alpha value is -0.730. The summed E-state index contributed by atoms with van der Waals surface area (Å²) in [4.78, 5) is 9.60. The molecule has 0 aliphatic heterocycles. The van der Waals surface area contributed by atoms with Crippen LogP contribution in [0.15, 0.2) is 12.2 Å². The number of carboxylic acids is 1. The van der Waals surface area contributed by atoms with E-state index in [0.29, 0.717) is 6.61 Å². The third-order valence-corrected chi connectivity index (χ3v) is 0.911. The number of aliphatic carboxylic acids is 1. The minimum absolute atomic E-state index is 0.176. The SMILES string of the molecule is C=C(C)C(=O)O.CCOP=O. The molecule has 0 spiro atoms. The quantitative estimate of drug-likeness (QED) is 0.529. The monoisotopic (exact) mass is 178 g/mol. The van der Waals surface area contributed by atoms with Gasteiger partial charge in [0.1, 0.15) is 0 Å². The van der Waals surface area contributed by atoms with Gasteiger partial charge in [-0.05, 0) is 13.8 Å². The summed E-state index contributed by atoms with van der Waals surface area (Å²) in [7, 11) is -0.220. The molecule has 0 aliphatic rings. The molecule has 0 aromatic carbocycles. The molecule has 0 fully saturated rings. The lowest BCUT2D eigenvalue weighted by Gasteiger charge is -1.79. The van der Waals surface area contributed by atoms with Gasteiger partial charge in [0.15, 0.2) is 0 Å². The molecule has 0 aromatic heterocycles. The number of rotatable bonds is 3. The number of hydrogen-bond donors (Lipinski definition) is 1. The van der Waals surface area contributed by atoms with Crippen molar-refractivity contribution in [2.24, 2.45) is 0 Å². The minimum atomic E-state index is -0.935. The van der Waals surface area contributed by atoms with Crippen molar-refractivity contribution in [3.8, 4) is 0 Å². The van der Waals surface area contributed by atoms with Gasteiger partial charge in [-0.3, -0.25) is 4.52 Å². The fraction of sp³-hybridized carbons (Fsp3) is 0.500. The van der Waals surface area contributed by atoms with Crippen LogP contribution in [-0.2, 0) is 13.9 Å². The molecule has 5 heteroatoms. The largest absolute Gasteiger partial charge is 0.478 e. The molecule has 11 heavy (non-hydrogen) atoms. The van der Waals surface area contributed by atoms with Crippen molar-refractivity contribution < 1.29 is 19.0 Å². The summed E-state index contributed by atoms with van der Waals surface area (Å²) >= 11 is 0. The molecule has 1 N–H and O–H groups in total. The average Bonchev–Trinajstić information content (AvgIpc) is 1.90. The van der Waals surface area contributed by atoms with Gasteiger partial charge in [0, 0.05) is 5.57 Å². The Labute approximate surface area is 67.2 Å². The van der Waals surface area contributed by atoms with Crippen LogP contribution in [0.25, 0.3) is 0 Å². The molecule has 0 saturated heterocycles. The Morgan fingerprint density at radius 3 is 2.09 bits per heavy atom. The van der Waals surface area contributed by atoms with Gasteiger partial charge in [0.2, 0.25) is 0 Å². The predicted molar refractivity (Wildman–Crippen MR) is 41.7 cm³/mol. The van der Waals surface area contributed by atoms with Crippen molar-refractivity contribution in [3.63, 3.8) is 0 Å². The van der Waals surface area contributed by atoms with Crippen molar-refractivity contribution in [2.75, 3.05) is 6.61 Å². The average molecular weight is 178 g/mol. The lowest BCUT2D eigenvalue weighted by Crippen LogP contribution is -1.92. The maximum atomic E-state index is 9.60. The van der Waals surface area contributed by atoms with Crippen LogP contribution in [0.2, 0.25) is 0 Å². The van der Waals surface area contributed by atoms with E-state index in [2.05, 4.69) is 11.1 Å². The molecular weight excluding hydrogens is 167 g/mol. The van der Waals surface area contributed by atoms with Gasteiger partial charge in [-0.15, -0.1) is 0 Å². The van der Waals surface area contributed by atoms with Crippen LogP contribution >= 0.6 is 8.69 Å². The molecule has 0 aromatic rings. The van der Waals surface area contributed by atoms with Gasteiger partial charge in [-0.2, -0.15) is 0 Å². The van der Waals surface area contributed by atoms with Crippen LogP contribution in [0, 0.1) is 0 Å². The number of hydrogen-bond acceptors (Lipinski definition) is 3. The summed E-state index contributed by atoms with van der Waals surface area (Å²) in [5, 5.41) is 7.89. The van der Waals surface area contributed by atoms with Crippen LogP contribution in [0.5, 0.6) is 0 Å². The molecule has 0 rings (SSSR count). The van der Waals surface area contributed by atoms with E-state index in [0.717, 1.165) is 0 Å². The van der Waals surface area contributed by atoms with Crippen LogP contribution in [0.4, 0.5) is 0 Å². The Morgan fingerprint density at radius 1 is 1.73 bits per heavy atom. The lowest BCUT2D eigenvalue weighted by atomic mass is 10.4. The zero-order valence-electron chi connectivity index (χ0n) is 6.53. The van der Waals surface area contributed by atoms with E-state index in [1.165, 1.54) is 6.92 Å². The van der Waals surface area contributed by atoms with Crippen LogP contribution in [-0.4, -0.2) is 17.7 Å². The van der Waals surface area contributed by atoms with Crippen LogP contribution in [0.1, 0.15) is 13.8 Å². The van der Waals surface area contributed by atoms with Crippen molar-refractivity contribution in [1.82, 2.24) is 0 Å². The highest BCUT2D eigenvalue weighted by Crippen LogP contribution is 1.89. The van der Waals surface area contributed by atoms with Gasteiger partial charge in [0.05, 0.1) is 6.61 Å². The summed E-state index contributed by atoms with van der Waals surface area (Å²) in [5.74, 6) is -0.935. The Morgan fingerprint density at radius 2 is 2.09 bits per heavy atom. The predicted octanol–water partition coefficient (Wildman–Crippen LogP) is 1.88. The summed E-state index contributed by atoms with van der Waals surface area (Å²) in [6, 6.07) is 0. The third kappa shape index (κ3) is 17.6. The topological polar surface area (TPSA) is 63.6 Å². The van der Waals surface area contributed by atoms with Crippen LogP contribution in [0.3, 0.4) is 0 Å². The highest BCUT2D eigenvalue weighted by molar-refractivity contribution is 7.17. The van der Waals surface area contributed by atoms with Crippen molar-refractivity contribution >= 4 is 14.7 Å². The second-order valence-corrected chi connectivity index (χ2v) is 1.99. The molecule has 0 unspecified atom stereocenters. The summed E-state index contributed by atoms with van der Waals surface area (Å²) < 4.78 is 13.5. The first-order valence-electron chi connectivity index (χ1n) is 2.89. The fourth-order valence-corrected chi connectivity index (χ4v) is 0.158. The molecule has 0 heterocycles. The van der Waals surface area contributed by atoms with Gasteiger partial charge < -0.3 is 5.11 Å². The molecule has 0 saturated carbocycles. The maximum absolute atomic E-state index is 9.60. The Bertz CT molecular complexity index is 132. The highest BCUT2D eigenvalue weighted by atomic mass is 31.1. The molecule has 0 amide bonds. The summed E-state index contributed by atoms with van der Waals surface area (Å²) in [5.41, 5.74) is 0.176. The van der Waals surface area contributed by atoms with E-state index in [1.807, 2.05) is 0 Å². The molecule has 0 aliphatic carbocycles. The van der Waals surface area contributed by atoms with E-state index in [-0.39, 0.29) is 14.3 Å². The van der Waals surface area contributed by atoms with Gasteiger partial charge >= 0.3 is 14.7 Å². The minimum Gasteiger partial charge on any atom is -0.478 e. The third-order valence-electron chi connectivity index (χ3n) is 0.547. The molecule has 0 atom stereocenters. The Balaban J connectivity index is 0.